The fraction of sp³-hybridized carbons (Fsp3) is 0.600. The van der Waals surface area contributed by atoms with Gasteiger partial charge in [-0.3, -0.25) is 11.3 Å². The minimum atomic E-state index is 0.0233. The topological polar surface area (TPSA) is 47.3 Å². The van der Waals surface area contributed by atoms with Crippen LogP contribution in [0, 0.1) is 5.92 Å². The minimum absolute atomic E-state index is 0.0233. The van der Waals surface area contributed by atoms with E-state index in [9.17, 15) is 0 Å². The van der Waals surface area contributed by atoms with Gasteiger partial charge in [0, 0.05) is 6.61 Å². The summed E-state index contributed by atoms with van der Waals surface area (Å²) >= 11 is 0. The van der Waals surface area contributed by atoms with Gasteiger partial charge in [0.05, 0.1) is 12.1 Å². The van der Waals surface area contributed by atoms with Gasteiger partial charge in [-0.1, -0.05) is 50.6 Å². The number of hydrogen-bond donors (Lipinski definition) is 2. The maximum absolute atomic E-state index is 5.88. The number of benzene rings is 1. The lowest BCUT2D eigenvalue weighted by molar-refractivity contribution is 0.0268. The SMILES string of the molecule is CCOC(c1ccccc1)C(CC(C)CC)NN. The van der Waals surface area contributed by atoms with Gasteiger partial charge in [0.1, 0.15) is 0 Å². The number of ether oxygens (including phenoxy) is 1. The molecule has 0 aliphatic heterocycles. The van der Waals surface area contributed by atoms with Gasteiger partial charge in [0.25, 0.3) is 0 Å². The molecular formula is C15H26N2O. The second-order valence-corrected chi connectivity index (χ2v) is 4.81. The van der Waals surface area contributed by atoms with Crippen molar-refractivity contribution in [3.05, 3.63) is 35.9 Å². The molecule has 1 aromatic rings. The molecule has 0 aliphatic rings. The van der Waals surface area contributed by atoms with Crippen LogP contribution >= 0.6 is 0 Å². The van der Waals surface area contributed by atoms with E-state index in [2.05, 4.69) is 31.4 Å². The average molecular weight is 250 g/mol. The highest BCUT2D eigenvalue weighted by atomic mass is 16.5. The third kappa shape index (κ3) is 4.41. The number of rotatable bonds is 8. The van der Waals surface area contributed by atoms with Gasteiger partial charge in [0.15, 0.2) is 0 Å². The number of hydrazine groups is 1. The summed E-state index contributed by atoms with van der Waals surface area (Å²) in [5.74, 6) is 6.35. The summed E-state index contributed by atoms with van der Waals surface area (Å²) in [6, 6.07) is 10.5. The van der Waals surface area contributed by atoms with Gasteiger partial charge in [-0.05, 0) is 24.8 Å². The van der Waals surface area contributed by atoms with Crippen molar-refractivity contribution in [1.82, 2.24) is 5.43 Å². The standard InChI is InChI=1S/C15H26N2O/c1-4-12(3)11-14(17-16)15(18-5-2)13-9-7-6-8-10-13/h6-10,12,14-15,17H,4-5,11,16H2,1-3H3. The zero-order chi connectivity index (χ0) is 13.4. The van der Waals surface area contributed by atoms with E-state index in [-0.39, 0.29) is 12.1 Å². The maximum atomic E-state index is 5.88. The Morgan fingerprint density at radius 3 is 2.39 bits per heavy atom. The van der Waals surface area contributed by atoms with E-state index in [4.69, 9.17) is 10.6 Å². The number of nitrogens with two attached hydrogens (primary N) is 1. The quantitative estimate of drug-likeness (QED) is 0.550. The molecule has 0 bridgehead atoms. The molecule has 0 spiro atoms. The highest BCUT2D eigenvalue weighted by Crippen LogP contribution is 2.25. The van der Waals surface area contributed by atoms with Crippen LogP contribution in [0.4, 0.5) is 0 Å². The molecule has 0 saturated carbocycles. The molecule has 3 N–H and O–H groups in total. The zero-order valence-corrected chi connectivity index (χ0v) is 11.7. The monoisotopic (exact) mass is 250 g/mol. The molecule has 3 atom stereocenters. The van der Waals surface area contributed by atoms with E-state index in [0.717, 1.165) is 12.8 Å². The van der Waals surface area contributed by atoms with Crippen LogP contribution in [-0.2, 0) is 4.74 Å². The van der Waals surface area contributed by atoms with Gasteiger partial charge < -0.3 is 4.74 Å². The van der Waals surface area contributed by atoms with Crippen LogP contribution in [-0.4, -0.2) is 12.6 Å². The molecule has 0 saturated heterocycles. The van der Waals surface area contributed by atoms with Gasteiger partial charge in [-0.2, -0.15) is 0 Å². The molecule has 18 heavy (non-hydrogen) atoms. The van der Waals surface area contributed by atoms with E-state index in [1.807, 2.05) is 25.1 Å². The Balaban J connectivity index is 2.81. The number of hydrogen-bond acceptors (Lipinski definition) is 3. The van der Waals surface area contributed by atoms with E-state index >= 15 is 0 Å². The molecule has 3 heteroatoms. The Labute approximate surface area is 111 Å². The largest absolute Gasteiger partial charge is 0.372 e. The lowest BCUT2D eigenvalue weighted by Crippen LogP contribution is -2.41. The van der Waals surface area contributed by atoms with Crippen molar-refractivity contribution in [2.24, 2.45) is 11.8 Å². The van der Waals surface area contributed by atoms with Crippen molar-refractivity contribution in [1.29, 1.82) is 0 Å². The summed E-state index contributed by atoms with van der Waals surface area (Å²) < 4.78 is 5.88. The van der Waals surface area contributed by atoms with Crippen molar-refractivity contribution in [2.45, 2.75) is 45.8 Å². The summed E-state index contributed by atoms with van der Waals surface area (Å²) in [7, 11) is 0. The predicted octanol–water partition coefficient (Wildman–Crippen LogP) is 3.03. The van der Waals surface area contributed by atoms with Crippen LogP contribution in [0.1, 0.15) is 45.3 Å². The smallest absolute Gasteiger partial charge is 0.0991 e. The van der Waals surface area contributed by atoms with E-state index < -0.39 is 0 Å². The fourth-order valence-corrected chi connectivity index (χ4v) is 2.15. The Kier molecular flexibility index (Phi) is 6.94. The Morgan fingerprint density at radius 2 is 1.89 bits per heavy atom. The summed E-state index contributed by atoms with van der Waals surface area (Å²) in [4.78, 5) is 0. The molecule has 3 unspecified atom stereocenters. The first-order valence-electron chi connectivity index (χ1n) is 6.85. The summed E-state index contributed by atoms with van der Waals surface area (Å²) in [6.45, 7) is 7.17. The molecule has 0 aliphatic carbocycles. The summed E-state index contributed by atoms with van der Waals surface area (Å²) in [5, 5.41) is 0. The molecule has 0 amide bonds. The third-order valence-electron chi connectivity index (χ3n) is 3.41. The molecule has 0 fully saturated rings. The second-order valence-electron chi connectivity index (χ2n) is 4.81. The Morgan fingerprint density at radius 1 is 1.22 bits per heavy atom. The Hall–Kier alpha value is -0.900. The first-order valence-corrected chi connectivity index (χ1v) is 6.85. The molecular weight excluding hydrogens is 224 g/mol. The van der Waals surface area contributed by atoms with Gasteiger partial charge >= 0.3 is 0 Å². The predicted molar refractivity (Wildman–Crippen MR) is 76.0 cm³/mol. The van der Waals surface area contributed by atoms with E-state index in [0.29, 0.717) is 12.5 Å². The minimum Gasteiger partial charge on any atom is -0.372 e. The highest BCUT2D eigenvalue weighted by molar-refractivity contribution is 5.19. The first kappa shape index (κ1) is 15.2. The lowest BCUT2D eigenvalue weighted by Gasteiger charge is -2.28. The van der Waals surface area contributed by atoms with E-state index in [1.54, 1.807) is 0 Å². The molecule has 102 valence electrons. The molecule has 1 rings (SSSR count). The summed E-state index contributed by atoms with van der Waals surface area (Å²) in [6.07, 6.45) is 2.20. The number of nitrogens with one attached hydrogen (secondary N) is 1. The molecule has 0 aromatic heterocycles. The van der Waals surface area contributed by atoms with Gasteiger partial charge in [0.2, 0.25) is 0 Å². The van der Waals surface area contributed by atoms with Crippen LogP contribution in [0.2, 0.25) is 0 Å². The molecule has 0 radical (unpaired) electrons. The van der Waals surface area contributed by atoms with Crippen molar-refractivity contribution in [3.63, 3.8) is 0 Å². The van der Waals surface area contributed by atoms with Crippen LogP contribution in [0.15, 0.2) is 30.3 Å². The van der Waals surface area contributed by atoms with Crippen molar-refractivity contribution >= 4 is 0 Å². The first-order chi connectivity index (χ1) is 8.72. The molecule has 3 nitrogen and oxygen atoms in total. The molecule has 1 aromatic carbocycles. The van der Waals surface area contributed by atoms with Crippen LogP contribution < -0.4 is 11.3 Å². The fourth-order valence-electron chi connectivity index (χ4n) is 2.15. The highest BCUT2D eigenvalue weighted by Gasteiger charge is 2.23. The average Bonchev–Trinajstić information content (AvgIpc) is 2.43. The third-order valence-corrected chi connectivity index (χ3v) is 3.41. The second kappa shape index (κ2) is 8.25. The van der Waals surface area contributed by atoms with E-state index in [1.165, 1.54) is 5.56 Å². The van der Waals surface area contributed by atoms with Crippen molar-refractivity contribution < 1.29 is 4.74 Å². The van der Waals surface area contributed by atoms with Crippen LogP contribution in [0.5, 0.6) is 0 Å². The van der Waals surface area contributed by atoms with Crippen LogP contribution in [0.3, 0.4) is 0 Å². The summed E-state index contributed by atoms with van der Waals surface area (Å²) in [5.41, 5.74) is 4.11. The maximum Gasteiger partial charge on any atom is 0.0991 e. The van der Waals surface area contributed by atoms with Gasteiger partial charge in [-0.25, -0.2) is 0 Å². The molecule has 0 heterocycles. The Bertz CT molecular complexity index is 316. The zero-order valence-electron chi connectivity index (χ0n) is 11.7. The van der Waals surface area contributed by atoms with Crippen molar-refractivity contribution in [3.8, 4) is 0 Å². The normalized spacial score (nSPS) is 16.2. The van der Waals surface area contributed by atoms with Crippen LogP contribution in [0.25, 0.3) is 0 Å². The lowest BCUT2D eigenvalue weighted by atomic mass is 9.92. The van der Waals surface area contributed by atoms with Crippen molar-refractivity contribution in [2.75, 3.05) is 6.61 Å². The van der Waals surface area contributed by atoms with Gasteiger partial charge in [-0.15, -0.1) is 0 Å².